The van der Waals surface area contributed by atoms with Crippen LogP contribution in [0.15, 0.2) is 71.8 Å². The number of carbonyl (C=O) groups is 2. The summed E-state index contributed by atoms with van der Waals surface area (Å²) in [6.45, 7) is 0.763. The molecule has 1 aromatic heterocycles. The normalized spacial score (nSPS) is 11.5. The van der Waals surface area contributed by atoms with E-state index in [-0.39, 0.29) is 27.4 Å². The van der Waals surface area contributed by atoms with Gasteiger partial charge in [0.05, 0.1) is 32.6 Å². The minimum atomic E-state index is -4.55. The minimum Gasteiger partial charge on any atom is -0.350 e. The lowest BCUT2D eigenvalue weighted by Crippen LogP contribution is -2.27. The number of para-hydroxylation sites is 1. The number of anilines is 1. The van der Waals surface area contributed by atoms with Crippen LogP contribution in [0.4, 0.5) is 18.9 Å². The Hall–Kier alpha value is -2.85. The second kappa shape index (κ2) is 11.9. The van der Waals surface area contributed by atoms with Crippen LogP contribution in [-0.4, -0.2) is 28.7 Å². The standard InChI is InChI=1S/C26H19Cl3F3N3O2S/c27-16-6-7-17(20(29)12-16)25(37)33-9-10-35-13-23(18-3-1-2-4-22(18)35)38-14-24(36)34-21-11-15(26(30,31)32)5-8-19(21)28/h1-8,11-13H,9-10,14H2,(H,33,37)(H,34,36). The molecule has 0 atom stereocenters. The average Bonchev–Trinajstić information content (AvgIpc) is 3.21. The summed E-state index contributed by atoms with van der Waals surface area (Å²) in [5.74, 6) is -0.880. The number of carbonyl (C=O) groups excluding carboxylic acids is 2. The Balaban J connectivity index is 1.40. The van der Waals surface area contributed by atoms with Crippen LogP contribution in [-0.2, 0) is 17.5 Å². The lowest BCUT2D eigenvalue weighted by Gasteiger charge is -2.11. The van der Waals surface area contributed by atoms with E-state index in [0.717, 1.165) is 34.0 Å². The fraction of sp³-hybridized carbons (Fsp3) is 0.154. The molecule has 2 amide bonds. The molecule has 38 heavy (non-hydrogen) atoms. The minimum absolute atomic E-state index is 0.00916. The van der Waals surface area contributed by atoms with Crippen molar-refractivity contribution in [2.75, 3.05) is 17.6 Å². The first kappa shape index (κ1) is 28.2. The van der Waals surface area contributed by atoms with Crippen molar-refractivity contribution in [2.24, 2.45) is 0 Å². The van der Waals surface area contributed by atoms with Crippen LogP contribution in [0, 0.1) is 0 Å². The summed E-state index contributed by atoms with van der Waals surface area (Å²) in [5, 5.41) is 6.88. The molecule has 0 saturated carbocycles. The van der Waals surface area contributed by atoms with E-state index >= 15 is 0 Å². The van der Waals surface area contributed by atoms with Crippen molar-refractivity contribution in [1.82, 2.24) is 9.88 Å². The molecule has 0 aliphatic rings. The Morgan fingerprint density at radius 1 is 0.947 bits per heavy atom. The fourth-order valence-corrected chi connectivity index (χ4v) is 5.25. The quantitative estimate of drug-likeness (QED) is 0.203. The summed E-state index contributed by atoms with van der Waals surface area (Å²) in [7, 11) is 0. The topological polar surface area (TPSA) is 63.1 Å². The summed E-state index contributed by atoms with van der Waals surface area (Å²) < 4.78 is 41.0. The molecule has 12 heteroatoms. The highest BCUT2D eigenvalue weighted by atomic mass is 35.5. The predicted molar refractivity (Wildman–Crippen MR) is 147 cm³/mol. The fourth-order valence-electron chi connectivity index (χ4n) is 3.70. The molecule has 0 radical (unpaired) electrons. The molecule has 0 unspecified atom stereocenters. The van der Waals surface area contributed by atoms with E-state index in [0.29, 0.717) is 23.7 Å². The lowest BCUT2D eigenvalue weighted by molar-refractivity contribution is -0.137. The summed E-state index contributed by atoms with van der Waals surface area (Å²) in [6.07, 6.45) is -2.69. The first-order chi connectivity index (χ1) is 18.0. The number of hydrogen-bond donors (Lipinski definition) is 2. The van der Waals surface area contributed by atoms with E-state index in [9.17, 15) is 22.8 Å². The number of fused-ring (bicyclic) bond motifs is 1. The zero-order valence-corrected chi connectivity index (χ0v) is 22.5. The summed E-state index contributed by atoms with van der Waals surface area (Å²) in [6, 6.07) is 15.0. The van der Waals surface area contributed by atoms with Crippen LogP contribution in [0.2, 0.25) is 15.1 Å². The van der Waals surface area contributed by atoms with Crippen molar-refractivity contribution in [1.29, 1.82) is 0 Å². The highest BCUT2D eigenvalue weighted by Crippen LogP contribution is 2.34. The number of thioether (sulfide) groups is 1. The zero-order chi connectivity index (χ0) is 27.4. The van der Waals surface area contributed by atoms with Crippen molar-refractivity contribution in [3.63, 3.8) is 0 Å². The van der Waals surface area contributed by atoms with Crippen LogP contribution in [0.3, 0.4) is 0 Å². The third-order valence-electron chi connectivity index (χ3n) is 5.49. The Morgan fingerprint density at radius 2 is 1.71 bits per heavy atom. The van der Waals surface area contributed by atoms with Crippen LogP contribution >= 0.6 is 46.6 Å². The largest absolute Gasteiger partial charge is 0.416 e. The Bertz CT molecular complexity index is 1510. The summed E-state index contributed by atoms with van der Waals surface area (Å²) in [4.78, 5) is 25.8. The number of hydrogen-bond acceptors (Lipinski definition) is 3. The van der Waals surface area contributed by atoms with Crippen molar-refractivity contribution < 1.29 is 22.8 Å². The predicted octanol–water partition coefficient (Wildman–Crippen LogP) is 7.78. The third kappa shape index (κ3) is 6.77. The van der Waals surface area contributed by atoms with Gasteiger partial charge in [0.25, 0.3) is 5.91 Å². The molecule has 4 aromatic rings. The van der Waals surface area contributed by atoms with Crippen LogP contribution in [0.5, 0.6) is 0 Å². The SMILES string of the molecule is O=C(CSc1cn(CCNC(=O)c2ccc(Cl)cc2Cl)c2ccccc12)Nc1cc(C(F)(F)F)ccc1Cl. The molecule has 3 aromatic carbocycles. The number of rotatable bonds is 8. The van der Waals surface area contributed by atoms with Gasteiger partial charge in [-0.3, -0.25) is 9.59 Å². The second-order valence-electron chi connectivity index (χ2n) is 8.11. The maximum atomic E-state index is 13.0. The number of aromatic nitrogens is 1. The van der Waals surface area contributed by atoms with E-state index in [1.165, 1.54) is 17.8 Å². The van der Waals surface area contributed by atoms with Gasteiger partial charge >= 0.3 is 6.18 Å². The molecule has 4 rings (SSSR count). The van der Waals surface area contributed by atoms with Gasteiger partial charge in [0.1, 0.15) is 0 Å². The molecule has 0 aliphatic heterocycles. The Labute approximate surface area is 235 Å². The van der Waals surface area contributed by atoms with Gasteiger partial charge in [-0.15, -0.1) is 11.8 Å². The molecule has 198 valence electrons. The van der Waals surface area contributed by atoms with Gasteiger partial charge in [0.15, 0.2) is 0 Å². The maximum Gasteiger partial charge on any atom is 0.416 e. The molecule has 0 saturated heterocycles. The molecular formula is C26H19Cl3F3N3O2S. The van der Waals surface area contributed by atoms with Gasteiger partial charge in [-0.25, -0.2) is 0 Å². The van der Waals surface area contributed by atoms with Gasteiger partial charge < -0.3 is 15.2 Å². The monoisotopic (exact) mass is 599 g/mol. The number of nitrogens with zero attached hydrogens (tertiary/aromatic N) is 1. The molecule has 1 heterocycles. The van der Waals surface area contributed by atoms with Crippen molar-refractivity contribution in [3.8, 4) is 0 Å². The number of nitrogens with one attached hydrogen (secondary N) is 2. The molecule has 0 bridgehead atoms. The van der Waals surface area contributed by atoms with E-state index in [1.54, 1.807) is 12.1 Å². The van der Waals surface area contributed by atoms with Gasteiger partial charge in [-0.05, 0) is 42.5 Å². The highest BCUT2D eigenvalue weighted by Gasteiger charge is 2.31. The van der Waals surface area contributed by atoms with Crippen molar-refractivity contribution >= 4 is 75.0 Å². The van der Waals surface area contributed by atoms with Gasteiger partial charge in [0.2, 0.25) is 5.91 Å². The van der Waals surface area contributed by atoms with E-state index < -0.39 is 17.6 Å². The molecule has 0 aliphatic carbocycles. The zero-order valence-electron chi connectivity index (χ0n) is 19.4. The van der Waals surface area contributed by atoms with Crippen LogP contribution < -0.4 is 10.6 Å². The average molecular weight is 601 g/mol. The van der Waals surface area contributed by atoms with Crippen LogP contribution in [0.25, 0.3) is 10.9 Å². The first-order valence-corrected chi connectivity index (χ1v) is 13.3. The van der Waals surface area contributed by atoms with E-state index in [1.807, 2.05) is 35.0 Å². The van der Waals surface area contributed by atoms with Crippen LogP contribution in [0.1, 0.15) is 15.9 Å². The Morgan fingerprint density at radius 3 is 2.45 bits per heavy atom. The van der Waals surface area contributed by atoms with Crippen molar-refractivity contribution in [3.05, 3.63) is 93.1 Å². The van der Waals surface area contributed by atoms with Gasteiger partial charge in [-0.1, -0.05) is 53.0 Å². The molecule has 0 spiro atoms. The van der Waals surface area contributed by atoms with Crippen molar-refractivity contribution in [2.45, 2.75) is 17.6 Å². The molecule has 0 fully saturated rings. The smallest absolute Gasteiger partial charge is 0.350 e. The summed E-state index contributed by atoms with van der Waals surface area (Å²) in [5.41, 5.74) is 0.205. The molecule has 5 nitrogen and oxygen atoms in total. The number of halogens is 6. The Kier molecular flexibility index (Phi) is 8.82. The number of benzene rings is 3. The third-order valence-corrected chi connectivity index (χ3v) is 7.41. The number of alkyl halides is 3. The first-order valence-electron chi connectivity index (χ1n) is 11.1. The summed E-state index contributed by atoms with van der Waals surface area (Å²) >= 11 is 19.2. The van der Waals surface area contributed by atoms with Gasteiger partial charge in [-0.2, -0.15) is 13.2 Å². The second-order valence-corrected chi connectivity index (χ2v) is 10.4. The lowest BCUT2D eigenvalue weighted by atomic mass is 10.2. The molecule has 2 N–H and O–H groups in total. The highest BCUT2D eigenvalue weighted by molar-refractivity contribution is 8.00. The molecular weight excluding hydrogens is 582 g/mol. The van der Waals surface area contributed by atoms with E-state index in [2.05, 4.69) is 10.6 Å². The van der Waals surface area contributed by atoms with E-state index in [4.69, 9.17) is 34.8 Å². The maximum absolute atomic E-state index is 13.0. The van der Waals surface area contributed by atoms with Gasteiger partial charge in [0, 0.05) is 40.1 Å². The number of amides is 2.